The highest BCUT2D eigenvalue weighted by molar-refractivity contribution is 5.21. The molecule has 0 aliphatic heterocycles. The Hall–Kier alpha value is -3.03. The average molecular weight is 285 g/mol. The molecule has 0 N–H and O–H groups in total. The van der Waals surface area contributed by atoms with Gasteiger partial charge in [0.15, 0.2) is 5.82 Å². The van der Waals surface area contributed by atoms with Crippen molar-refractivity contribution in [1.29, 1.82) is 0 Å². The summed E-state index contributed by atoms with van der Waals surface area (Å²) < 4.78 is 6.51. The van der Waals surface area contributed by atoms with E-state index in [4.69, 9.17) is 4.52 Å². The third-order valence-electron chi connectivity index (χ3n) is 2.84. The minimum Gasteiger partial charge on any atom is -0.337 e. The van der Waals surface area contributed by atoms with Crippen molar-refractivity contribution in [3.05, 3.63) is 70.1 Å². The zero-order valence-electron chi connectivity index (χ0n) is 10.9. The monoisotopic (exact) mass is 285 g/mol. The van der Waals surface area contributed by atoms with Gasteiger partial charge in [0.05, 0.1) is 4.92 Å². The number of aromatic nitrogens is 4. The van der Waals surface area contributed by atoms with E-state index in [9.17, 15) is 10.1 Å². The van der Waals surface area contributed by atoms with Crippen molar-refractivity contribution in [2.24, 2.45) is 0 Å². The van der Waals surface area contributed by atoms with E-state index in [0.717, 1.165) is 5.56 Å². The number of hydrogen-bond donors (Lipinski definition) is 0. The molecule has 2 heterocycles. The molecule has 0 radical (unpaired) electrons. The quantitative estimate of drug-likeness (QED) is 0.523. The van der Waals surface area contributed by atoms with Gasteiger partial charge in [0.2, 0.25) is 5.89 Å². The van der Waals surface area contributed by atoms with Crippen LogP contribution in [-0.2, 0) is 13.0 Å². The van der Waals surface area contributed by atoms with Gasteiger partial charge >= 0.3 is 5.69 Å². The van der Waals surface area contributed by atoms with Crippen molar-refractivity contribution in [2.75, 3.05) is 0 Å². The first kappa shape index (κ1) is 13.0. The zero-order valence-corrected chi connectivity index (χ0v) is 10.9. The van der Waals surface area contributed by atoms with Crippen LogP contribution in [0.15, 0.2) is 47.2 Å². The molecule has 0 aliphatic carbocycles. The van der Waals surface area contributed by atoms with Crippen molar-refractivity contribution in [2.45, 2.75) is 13.0 Å². The summed E-state index contributed by atoms with van der Waals surface area (Å²) in [5.41, 5.74) is 1.01. The van der Waals surface area contributed by atoms with Crippen LogP contribution in [0.4, 0.5) is 5.69 Å². The third kappa shape index (κ3) is 3.11. The van der Waals surface area contributed by atoms with E-state index in [1.165, 1.54) is 17.1 Å². The summed E-state index contributed by atoms with van der Waals surface area (Å²) in [4.78, 5) is 14.3. The predicted molar refractivity (Wildman–Crippen MR) is 71.5 cm³/mol. The molecule has 0 amide bonds. The highest BCUT2D eigenvalue weighted by Crippen LogP contribution is 2.10. The van der Waals surface area contributed by atoms with Crippen molar-refractivity contribution < 1.29 is 9.45 Å². The SMILES string of the molecule is O=[N+]([O-])c1cnn(Cc2nc(Cc3ccccc3)no2)c1. The molecule has 0 unspecified atom stereocenters. The fourth-order valence-corrected chi connectivity index (χ4v) is 1.88. The van der Waals surface area contributed by atoms with Crippen LogP contribution in [0.1, 0.15) is 17.3 Å². The van der Waals surface area contributed by atoms with Crippen LogP contribution in [0.25, 0.3) is 0 Å². The summed E-state index contributed by atoms with van der Waals surface area (Å²) in [5.74, 6) is 0.928. The van der Waals surface area contributed by atoms with Gasteiger partial charge in [0.25, 0.3) is 0 Å². The lowest BCUT2D eigenvalue weighted by molar-refractivity contribution is -0.385. The standard InChI is InChI=1S/C13H11N5O3/c19-18(20)11-7-14-17(8-11)9-13-15-12(16-21-13)6-10-4-2-1-3-5-10/h1-5,7-8H,6,9H2. The van der Waals surface area contributed by atoms with E-state index in [0.29, 0.717) is 18.1 Å². The average Bonchev–Trinajstić information content (AvgIpc) is 3.10. The largest absolute Gasteiger partial charge is 0.337 e. The second-order valence-corrected chi connectivity index (χ2v) is 4.42. The first-order chi connectivity index (χ1) is 10.2. The molecule has 0 aliphatic rings. The van der Waals surface area contributed by atoms with E-state index in [1.54, 1.807) is 0 Å². The number of benzene rings is 1. The van der Waals surface area contributed by atoms with E-state index in [1.807, 2.05) is 30.3 Å². The van der Waals surface area contributed by atoms with Crippen LogP contribution in [0.2, 0.25) is 0 Å². The van der Waals surface area contributed by atoms with Crippen molar-refractivity contribution >= 4 is 5.69 Å². The smallest absolute Gasteiger partial charge is 0.307 e. The molecule has 106 valence electrons. The Bertz CT molecular complexity index is 750. The lowest BCUT2D eigenvalue weighted by atomic mass is 10.1. The summed E-state index contributed by atoms with van der Waals surface area (Å²) in [6.07, 6.45) is 3.08. The minimum atomic E-state index is -0.502. The van der Waals surface area contributed by atoms with Crippen LogP contribution < -0.4 is 0 Å². The fourth-order valence-electron chi connectivity index (χ4n) is 1.88. The van der Waals surface area contributed by atoms with Crippen LogP contribution in [0, 0.1) is 10.1 Å². The normalized spacial score (nSPS) is 10.7. The van der Waals surface area contributed by atoms with Crippen LogP contribution in [-0.4, -0.2) is 24.8 Å². The Morgan fingerprint density at radius 3 is 2.81 bits per heavy atom. The van der Waals surface area contributed by atoms with E-state index in [2.05, 4.69) is 15.2 Å². The summed E-state index contributed by atoms with van der Waals surface area (Å²) in [7, 11) is 0. The highest BCUT2D eigenvalue weighted by Gasteiger charge is 2.12. The van der Waals surface area contributed by atoms with Gasteiger partial charge in [-0.05, 0) is 5.56 Å². The van der Waals surface area contributed by atoms with E-state index >= 15 is 0 Å². The van der Waals surface area contributed by atoms with E-state index < -0.39 is 4.92 Å². The van der Waals surface area contributed by atoms with Gasteiger partial charge < -0.3 is 4.52 Å². The highest BCUT2D eigenvalue weighted by atomic mass is 16.6. The summed E-state index contributed by atoms with van der Waals surface area (Å²) >= 11 is 0. The molecule has 21 heavy (non-hydrogen) atoms. The number of hydrogen-bond acceptors (Lipinski definition) is 6. The molecule has 0 atom stereocenters. The molecule has 0 fully saturated rings. The van der Waals surface area contributed by atoms with Gasteiger partial charge in [-0.15, -0.1) is 0 Å². The molecule has 3 rings (SSSR count). The molecule has 1 aromatic carbocycles. The Labute approximate surface area is 119 Å². The molecule has 0 bridgehead atoms. The summed E-state index contributed by atoms with van der Waals surface area (Å²) in [5, 5.41) is 18.3. The summed E-state index contributed by atoms with van der Waals surface area (Å²) in [6, 6.07) is 9.79. The molecular formula is C13H11N5O3. The Morgan fingerprint density at radius 1 is 1.29 bits per heavy atom. The zero-order chi connectivity index (χ0) is 14.7. The van der Waals surface area contributed by atoms with Gasteiger partial charge in [0.1, 0.15) is 18.9 Å². The van der Waals surface area contributed by atoms with Crippen molar-refractivity contribution in [3.8, 4) is 0 Å². The number of nitro groups is 1. The Kier molecular flexibility index (Phi) is 3.42. The molecule has 0 saturated carbocycles. The molecule has 2 aromatic heterocycles. The van der Waals surface area contributed by atoms with Crippen LogP contribution >= 0.6 is 0 Å². The van der Waals surface area contributed by atoms with E-state index in [-0.39, 0.29) is 12.2 Å². The maximum atomic E-state index is 10.6. The van der Waals surface area contributed by atoms with Gasteiger partial charge in [-0.2, -0.15) is 10.1 Å². The maximum absolute atomic E-state index is 10.6. The Balaban J connectivity index is 1.68. The van der Waals surface area contributed by atoms with Gasteiger partial charge in [-0.3, -0.25) is 14.8 Å². The fraction of sp³-hybridized carbons (Fsp3) is 0.154. The molecule has 8 nitrogen and oxygen atoms in total. The molecule has 0 saturated heterocycles. The van der Waals surface area contributed by atoms with Gasteiger partial charge in [-0.25, -0.2) is 0 Å². The van der Waals surface area contributed by atoms with Gasteiger partial charge in [-0.1, -0.05) is 35.5 Å². The number of nitrogens with zero attached hydrogens (tertiary/aromatic N) is 5. The molecule has 8 heteroatoms. The minimum absolute atomic E-state index is 0.0703. The first-order valence-electron chi connectivity index (χ1n) is 6.23. The first-order valence-corrected chi connectivity index (χ1v) is 6.23. The second-order valence-electron chi connectivity index (χ2n) is 4.42. The van der Waals surface area contributed by atoms with Crippen molar-refractivity contribution in [3.63, 3.8) is 0 Å². The lowest BCUT2D eigenvalue weighted by Crippen LogP contribution is -2.00. The maximum Gasteiger partial charge on any atom is 0.307 e. The lowest BCUT2D eigenvalue weighted by Gasteiger charge is -1.94. The summed E-state index contributed by atoms with van der Waals surface area (Å²) in [6.45, 7) is 0.204. The van der Waals surface area contributed by atoms with Crippen molar-refractivity contribution in [1.82, 2.24) is 19.9 Å². The topological polar surface area (TPSA) is 99.9 Å². The molecular weight excluding hydrogens is 274 g/mol. The van der Waals surface area contributed by atoms with Crippen LogP contribution in [0.3, 0.4) is 0 Å². The number of rotatable bonds is 5. The predicted octanol–water partition coefficient (Wildman–Crippen LogP) is 1.81. The van der Waals surface area contributed by atoms with Crippen LogP contribution in [0.5, 0.6) is 0 Å². The third-order valence-corrected chi connectivity index (χ3v) is 2.84. The second kappa shape index (κ2) is 5.53. The molecule has 3 aromatic rings. The molecule has 0 spiro atoms. The Morgan fingerprint density at radius 2 is 2.10 bits per heavy atom. The van der Waals surface area contributed by atoms with Gasteiger partial charge in [0, 0.05) is 6.42 Å².